The Morgan fingerprint density at radius 3 is 2.75 bits per heavy atom. The molecule has 2 aliphatic rings. The zero-order chi connectivity index (χ0) is 22.3. The van der Waals surface area contributed by atoms with Crippen LogP contribution in [-0.4, -0.2) is 59.1 Å². The summed E-state index contributed by atoms with van der Waals surface area (Å²) in [4.78, 5) is 31.7. The van der Waals surface area contributed by atoms with Gasteiger partial charge in [0.2, 0.25) is 5.91 Å². The zero-order valence-corrected chi connectivity index (χ0v) is 18.7. The van der Waals surface area contributed by atoms with Gasteiger partial charge in [-0.2, -0.15) is 0 Å². The van der Waals surface area contributed by atoms with Crippen molar-refractivity contribution in [2.24, 2.45) is 5.92 Å². The molecule has 0 radical (unpaired) electrons. The van der Waals surface area contributed by atoms with Gasteiger partial charge in [0.15, 0.2) is 5.69 Å². The topological polar surface area (TPSA) is 85.7 Å². The fraction of sp³-hybridized carbons (Fsp3) is 0.542. The zero-order valence-electron chi connectivity index (χ0n) is 18.7. The molecule has 172 valence electrons. The predicted molar refractivity (Wildman–Crippen MR) is 119 cm³/mol. The number of ether oxygens (including phenoxy) is 2. The number of likely N-dealkylation sites (tertiary alicyclic amines) is 1. The highest BCUT2D eigenvalue weighted by molar-refractivity contribution is 5.93. The number of piperidine rings is 1. The lowest BCUT2D eigenvalue weighted by atomic mass is 9.95. The molecule has 2 aliphatic heterocycles. The van der Waals surface area contributed by atoms with Crippen LogP contribution in [0.3, 0.4) is 0 Å². The molecule has 0 bridgehead atoms. The number of carbonyl (C=O) groups is 2. The van der Waals surface area contributed by atoms with Crippen molar-refractivity contribution >= 4 is 11.8 Å². The van der Waals surface area contributed by atoms with Crippen molar-refractivity contribution < 1.29 is 19.1 Å². The van der Waals surface area contributed by atoms with Gasteiger partial charge in [0, 0.05) is 38.8 Å². The van der Waals surface area contributed by atoms with Gasteiger partial charge in [0.1, 0.15) is 6.10 Å². The maximum atomic E-state index is 13.1. The minimum atomic E-state index is -0.0731. The van der Waals surface area contributed by atoms with Crippen molar-refractivity contribution in [3.8, 4) is 0 Å². The maximum Gasteiger partial charge on any atom is 0.274 e. The Morgan fingerprint density at radius 1 is 1.22 bits per heavy atom. The minimum Gasteiger partial charge on any atom is -0.382 e. The first-order valence-electron chi connectivity index (χ1n) is 11.5. The number of benzene rings is 1. The summed E-state index contributed by atoms with van der Waals surface area (Å²) in [5.41, 5.74) is 2.42. The number of amides is 2. The first-order chi connectivity index (χ1) is 15.7. The van der Waals surface area contributed by atoms with E-state index >= 15 is 0 Å². The van der Waals surface area contributed by atoms with Crippen LogP contribution in [0.5, 0.6) is 0 Å². The number of nitrogens with one attached hydrogen (secondary N) is 1. The average molecular weight is 441 g/mol. The highest BCUT2D eigenvalue weighted by Crippen LogP contribution is 2.28. The summed E-state index contributed by atoms with van der Waals surface area (Å²) >= 11 is 0. The van der Waals surface area contributed by atoms with Crippen LogP contribution in [0.15, 0.2) is 36.7 Å². The number of hydrogen-bond acceptors (Lipinski definition) is 5. The van der Waals surface area contributed by atoms with Crippen LogP contribution in [0.25, 0.3) is 0 Å². The molecule has 2 amide bonds. The fourth-order valence-electron chi connectivity index (χ4n) is 4.34. The van der Waals surface area contributed by atoms with Crippen molar-refractivity contribution in [2.45, 2.75) is 45.4 Å². The summed E-state index contributed by atoms with van der Waals surface area (Å²) in [6.07, 6.45) is 3.86. The minimum absolute atomic E-state index is 0.0383. The summed E-state index contributed by atoms with van der Waals surface area (Å²) in [5, 5.41) is 2.99. The highest BCUT2D eigenvalue weighted by atomic mass is 16.5. The summed E-state index contributed by atoms with van der Waals surface area (Å²) in [6.45, 7) is 6.08. The molecule has 2 aromatic rings. The van der Waals surface area contributed by atoms with Crippen LogP contribution in [0.4, 0.5) is 0 Å². The van der Waals surface area contributed by atoms with Crippen molar-refractivity contribution in [3.05, 3.63) is 53.6 Å². The van der Waals surface area contributed by atoms with Crippen LogP contribution in [-0.2, 0) is 27.4 Å². The molecule has 0 spiro atoms. The van der Waals surface area contributed by atoms with Gasteiger partial charge in [-0.3, -0.25) is 9.59 Å². The molecule has 0 unspecified atom stereocenters. The van der Waals surface area contributed by atoms with Gasteiger partial charge in [-0.25, -0.2) is 4.98 Å². The molecular weight excluding hydrogens is 408 g/mol. The van der Waals surface area contributed by atoms with E-state index in [1.54, 1.807) is 6.33 Å². The molecule has 1 saturated heterocycles. The van der Waals surface area contributed by atoms with Crippen LogP contribution in [0, 0.1) is 5.92 Å². The van der Waals surface area contributed by atoms with E-state index in [1.165, 1.54) is 0 Å². The van der Waals surface area contributed by atoms with E-state index in [4.69, 9.17) is 9.47 Å². The summed E-state index contributed by atoms with van der Waals surface area (Å²) < 4.78 is 13.4. The molecule has 32 heavy (non-hydrogen) atoms. The first-order valence-corrected chi connectivity index (χ1v) is 11.5. The molecule has 1 fully saturated rings. The second kappa shape index (κ2) is 10.7. The Balaban J connectivity index is 1.28. The summed E-state index contributed by atoms with van der Waals surface area (Å²) in [7, 11) is 0. The second-order valence-corrected chi connectivity index (χ2v) is 8.31. The molecule has 8 heteroatoms. The molecule has 8 nitrogen and oxygen atoms in total. The average Bonchev–Trinajstić information content (AvgIpc) is 3.27. The van der Waals surface area contributed by atoms with Crippen molar-refractivity contribution in [2.75, 3.05) is 32.8 Å². The van der Waals surface area contributed by atoms with E-state index in [2.05, 4.69) is 22.4 Å². The smallest absolute Gasteiger partial charge is 0.274 e. The summed E-state index contributed by atoms with van der Waals surface area (Å²) in [6, 6.07) is 10.1. The van der Waals surface area contributed by atoms with Gasteiger partial charge >= 0.3 is 0 Å². The number of aromatic nitrogens is 2. The normalized spacial score (nSPS) is 18.9. The Morgan fingerprint density at radius 2 is 2.00 bits per heavy atom. The standard InChI is InChI=1S/C24H32N4O4/c1-2-31-14-6-11-25-23(29)19-9-12-27(13-10-19)24(30)22-20-16-32-21(15-28(20)17-26-22)18-7-4-3-5-8-18/h3-5,7-8,17,19,21H,2,6,9-16H2,1H3,(H,25,29)/t21-/m1/s1. The lowest BCUT2D eigenvalue weighted by Gasteiger charge is -2.31. The van der Waals surface area contributed by atoms with E-state index in [1.807, 2.05) is 34.6 Å². The molecular formula is C24H32N4O4. The van der Waals surface area contributed by atoms with Gasteiger partial charge in [-0.15, -0.1) is 0 Å². The number of imidazole rings is 1. The van der Waals surface area contributed by atoms with Gasteiger partial charge in [0.25, 0.3) is 5.91 Å². The van der Waals surface area contributed by atoms with Gasteiger partial charge in [-0.1, -0.05) is 30.3 Å². The third-order valence-electron chi connectivity index (χ3n) is 6.23. The third-order valence-corrected chi connectivity index (χ3v) is 6.23. The molecule has 1 atom stereocenters. The fourth-order valence-corrected chi connectivity index (χ4v) is 4.34. The Kier molecular flexibility index (Phi) is 7.55. The van der Waals surface area contributed by atoms with E-state index in [0.717, 1.165) is 17.7 Å². The number of hydrogen-bond donors (Lipinski definition) is 1. The van der Waals surface area contributed by atoms with Crippen LogP contribution in [0.2, 0.25) is 0 Å². The van der Waals surface area contributed by atoms with E-state index in [0.29, 0.717) is 64.5 Å². The molecule has 0 aliphatic carbocycles. The maximum absolute atomic E-state index is 13.1. The largest absolute Gasteiger partial charge is 0.382 e. The van der Waals surface area contributed by atoms with E-state index in [9.17, 15) is 9.59 Å². The second-order valence-electron chi connectivity index (χ2n) is 8.31. The van der Waals surface area contributed by atoms with Crippen molar-refractivity contribution in [1.82, 2.24) is 19.8 Å². The Hall–Kier alpha value is -2.71. The molecule has 0 saturated carbocycles. The number of nitrogens with zero attached hydrogens (tertiary/aromatic N) is 3. The molecule has 1 aromatic heterocycles. The number of fused-ring (bicyclic) bond motifs is 1. The molecule has 1 N–H and O–H groups in total. The van der Waals surface area contributed by atoms with Crippen molar-refractivity contribution in [3.63, 3.8) is 0 Å². The van der Waals surface area contributed by atoms with E-state index < -0.39 is 0 Å². The SMILES string of the molecule is CCOCCCNC(=O)C1CCN(C(=O)c2ncn3c2CO[C@@H](c2ccccc2)C3)CC1. The van der Waals surface area contributed by atoms with Crippen LogP contribution >= 0.6 is 0 Å². The predicted octanol–water partition coefficient (Wildman–Crippen LogP) is 2.55. The Labute approximate surface area is 188 Å². The van der Waals surface area contributed by atoms with E-state index in [-0.39, 0.29) is 23.8 Å². The molecule has 4 rings (SSSR count). The summed E-state index contributed by atoms with van der Waals surface area (Å²) in [5.74, 6) is -0.0403. The van der Waals surface area contributed by atoms with Crippen LogP contribution in [0.1, 0.15) is 54.0 Å². The van der Waals surface area contributed by atoms with Gasteiger partial charge in [-0.05, 0) is 31.7 Å². The third kappa shape index (κ3) is 5.19. The molecule has 1 aromatic carbocycles. The lowest BCUT2D eigenvalue weighted by Crippen LogP contribution is -2.43. The number of rotatable bonds is 8. The highest BCUT2D eigenvalue weighted by Gasteiger charge is 2.32. The quantitative estimate of drug-likeness (QED) is 0.638. The first kappa shape index (κ1) is 22.5. The van der Waals surface area contributed by atoms with Crippen molar-refractivity contribution in [1.29, 1.82) is 0 Å². The lowest BCUT2D eigenvalue weighted by molar-refractivity contribution is -0.126. The Bertz CT molecular complexity index is 906. The molecule has 3 heterocycles. The van der Waals surface area contributed by atoms with Gasteiger partial charge in [0.05, 0.1) is 25.2 Å². The monoisotopic (exact) mass is 440 g/mol. The number of carbonyl (C=O) groups excluding carboxylic acids is 2. The van der Waals surface area contributed by atoms with Gasteiger partial charge < -0.3 is 24.3 Å². The van der Waals surface area contributed by atoms with Crippen LogP contribution < -0.4 is 5.32 Å².